The maximum atomic E-state index is 4.45. The number of hydrogen-bond donors (Lipinski definition) is 0. The van der Waals surface area contributed by atoms with Crippen molar-refractivity contribution in [2.24, 2.45) is 4.99 Å². The zero-order valence-corrected chi connectivity index (χ0v) is 10.8. The molecule has 1 heteroatoms. The normalized spacial score (nSPS) is 11.8. The van der Waals surface area contributed by atoms with Gasteiger partial charge in [-0.2, -0.15) is 0 Å². The fourth-order valence-corrected chi connectivity index (χ4v) is 1.61. The number of rotatable bonds is 4. The van der Waals surface area contributed by atoms with E-state index in [1.54, 1.807) is 12.3 Å². The first kappa shape index (κ1) is 13.2. The van der Waals surface area contributed by atoms with Gasteiger partial charge in [0, 0.05) is 6.21 Å². The fraction of sp³-hybridized carbons (Fsp3) is 0.188. The molecule has 0 saturated heterocycles. The third-order valence-electron chi connectivity index (χ3n) is 2.61. The summed E-state index contributed by atoms with van der Waals surface area (Å²) in [6, 6.07) is 6.21. The summed E-state index contributed by atoms with van der Waals surface area (Å²) in [6.45, 7) is 13.8. The SMILES string of the molecule is C=C/C(=C\C)C(=C)/C=N\c1ccc(C)cc1C. The van der Waals surface area contributed by atoms with Crippen LogP contribution in [0.1, 0.15) is 18.1 Å². The Balaban J connectivity index is 2.91. The van der Waals surface area contributed by atoms with Gasteiger partial charge in [-0.1, -0.05) is 43.0 Å². The molecule has 1 aromatic carbocycles. The topological polar surface area (TPSA) is 12.4 Å². The van der Waals surface area contributed by atoms with Gasteiger partial charge in [0.15, 0.2) is 0 Å². The zero-order valence-electron chi connectivity index (χ0n) is 10.8. The Kier molecular flexibility index (Phi) is 4.65. The van der Waals surface area contributed by atoms with Crippen LogP contribution in [0.5, 0.6) is 0 Å². The molecule has 0 saturated carbocycles. The molecule has 0 bridgehead atoms. The summed E-state index contributed by atoms with van der Waals surface area (Å²) in [5.41, 5.74) is 5.30. The lowest BCUT2D eigenvalue weighted by molar-refractivity contribution is 1.35. The summed E-state index contributed by atoms with van der Waals surface area (Å²) in [7, 11) is 0. The van der Waals surface area contributed by atoms with Gasteiger partial charge in [0.25, 0.3) is 0 Å². The van der Waals surface area contributed by atoms with Crippen molar-refractivity contribution in [1.29, 1.82) is 0 Å². The lowest BCUT2D eigenvalue weighted by atomic mass is 10.1. The number of aryl methyl sites for hydroxylation is 2. The van der Waals surface area contributed by atoms with E-state index in [0.29, 0.717) is 0 Å². The third-order valence-corrected chi connectivity index (χ3v) is 2.61. The Morgan fingerprint density at radius 2 is 2.00 bits per heavy atom. The van der Waals surface area contributed by atoms with E-state index in [9.17, 15) is 0 Å². The van der Waals surface area contributed by atoms with Crippen LogP contribution >= 0.6 is 0 Å². The number of allylic oxidation sites excluding steroid dienone is 4. The monoisotopic (exact) mass is 225 g/mol. The van der Waals surface area contributed by atoms with Gasteiger partial charge in [0.2, 0.25) is 0 Å². The van der Waals surface area contributed by atoms with Crippen LogP contribution in [0, 0.1) is 13.8 Å². The molecule has 17 heavy (non-hydrogen) atoms. The molecule has 0 aliphatic heterocycles. The predicted octanol–water partition coefficient (Wildman–Crippen LogP) is 4.69. The smallest absolute Gasteiger partial charge is 0.0659 e. The number of nitrogens with zero attached hydrogens (tertiary/aromatic N) is 1. The van der Waals surface area contributed by atoms with Crippen LogP contribution in [0.15, 0.2) is 59.6 Å². The Hall–Kier alpha value is -1.89. The molecule has 1 aromatic rings. The van der Waals surface area contributed by atoms with E-state index in [1.165, 1.54) is 11.1 Å². The van der Waals surface area contributed by atoms with Gasteiger partial charge >= 0.3 is 0 Å². The van der Waals surface area contributed by atoms with Gasteiger partial charge in [-0.05, 0) is 43.5 Å². The minimum atomic E-state index is 0.877. The summed E-state index contributed by atoms with van der Waals surface area (Å²) in [5, 5.41) is 0. The zero-order chi connectivity index (χ0) is 12.8. The first-order valence-corrected chi connectivity index (χ1v) is 5.68. The first-order valence-electron chi connectivity index (χ1n) is 5.68. The Morgan fingerprint density at radius 3 is 2.53 bits per heavy atom. The average Bonchev–Trinajstić information content (AvgIpc) is 2.29. The second-order valence-electron chi connectivity index (χ2n) is 4.02. The molecule has 0 heterocycles. The van der Waals surface area contributed by atoms with Crippen LogP contribution in [0.25, 0.3) is 0 Å². The highest BCUT2D eigenvalue weighted by atomic mass is 14.7. The van der Waals surface area contributed by atoms with Crippen molar-refractivity contribution in [2.45, 2.75) is 20.8 Å². The van der Waals surface area contributed by atoms with Crippen LogP contribution < -0.4 is 0 Å². The van der Waals surface area contributed by atoms with E-state index in [4.69, 9.17) is 0 Å². The molecule has 0 spiro atoms. The van der Waals surface area contributed by atoms with Crippen molar-refractivity contribution in [2.75, 3.05) is 0 Å². The molecular weight excluding hydrogens is 206 g/mol. The molecule has 0 aromatic heterocycles. The molecule has 0 N–H and O–H groups in total. The molecule has 1 nitrogen and oxygen atoms in total. The van der Waals surface area contributed by atoms with Crippen molar-refractivity contribution < 1.29 is 0 Å². The molecular formula is C16H19N. The van der Waals surface area contributed by atoms with E-state index in [-0.39, 0.29) is 0 Å². The van der Waals surface area contributed by atoms with Crippen molar-refractivity contribution in [3.05, 3.63) is 65.8 Å². The molecule has 0 aliphatic rings. The largest absolute Gasteiger partial charge is 0.256 e. The lowest BCUT2D eigenvalue weighted by Gasteiger charge is -2.02. The highest BCUT2D eigenvalue weighted by molar-refractivity contribution is 5.87. The van der Waals surface area contributed by atoms with E-state index >= 15 is 0 Å². The number of aliphatic imine (C=N–C) groups is 1. The Morgan fingerprint density at radius 1 is 1.29 bits per heavy atom. The van der Waals surface area contributed by atoms with E-state index in [1.807, 2.05) is 19.1 Å². The van der Waals surface area contributed by atoms with Gasteiger partial charge in [-0.15, -0.1) is 0 Å². The van der Waals surface area contributed by atoms with E-state index < -0.39 is 0 Å². The summed E-state index contributed by atoms with van der Waals surface area (Å²) in [5.74, 6) is 0. The predicted molar refractivity (Wildman–Crippen MR) is 77.2 cm³/mol. The molecule has 0 radical (unpaired) electrons. The minimum absolute atomic E-state index is 0.877. The summed E-state index contributed by atoms with van der Waals surface area (Å²) >= 11 is 0. The minimum Gasteiger partial charge on any atom is -0.256 e. The molecule has 88 valence electrons. The second kappa shape index (κ2) is 6.00. The molecule has 0 unspecified atom stereocenters. The van der Waals surface area contributed by atoms with Gasteiger partial charge < -0.3 is 0 Å². The van der Waals surface area contributed by atoms with Crippen LogP contribution in [-0.4, -0.2) is 6.21 Å². The summed E-state index contributed by atoms with van der Waals surface area (Å²) < 4.78 is 0. The second-order valence-corrected chi connectivity index (χ2v) is 4.02. The summed E-state index contributed by atoms with van der Waals surface area (Å²) in [4.78, 5) is 4.45. The third kappa shape index (κ3) is 3.56. The van der Waals surface area contributed by atoms with Gasteiger partial charge in [0.05, 0.1) is 5.69 Å². The highest BCUT2D eigenvalue weighted by Crippen LogP contribution is 2.19. The average molecular weight is 225 g/mol. The highest BCUT2D eigenvalue weighted by Gasteiger charge is 1.97. The fourth-order valence-electron chi connectivity index (χ4n) is 1.61. The van der Waals surface area contributed by atoms with Crippen molar-refractivity contribution in [1.82, 2.24) is 0 Å². The van der Waals surface area contributed by atoms with Crippen LogP contribution in [0.2, 0.25) is 0 Å². The number of hydrogen-bond acceptors (Lipinski definition) is 1. The van der Waals surface area contributed by atoms with Gasteiger partial charge in [0.1, 0.15) is 0 Å². The standard InChI is InChI=1S/C16H19N/c1-6-15(7-2)14(5)11-17-16-9-8-12(3)10-13(16)4/h6-11H,1,5H2,2-4H3/b15-7+,17-11-. The van der Waals surface area contributed by atoms with Crippen LogP contribution in [-0.2, 0) is 0 Å². The van der Waals surface area contributed by atoms with Gasteiger partial charge in [-0.25, -0.2) is 0 Å². The van der Waals surface area contributed by atoms with E-state index in [2.05, 4.69) is 44.1 Å². The molecule has 0 fully saturated rings. The molecule has 1 rings (SSSR count). The van der Waals surface area contributed by atoms with Crippen molar-refractivity contribution in [3.8, 4) is 0 Å². The molecule has 0 aliphatic carbocycles. The maximum Gasteiger partial charge on any atom is 0.0659 e. The lowest BCUT2D eigenvalue weighted by Crippen LogP contribution is -1.86. The number of benzene rings is 1. The molecule has 0 amide bonds. The first-order chi connectivity index (χ1) is 8.08. The quantitative estimate of drug-likeness (QED) is 0.520. The van der Waals surface area contributed by atoms with E-state index in [0.717, 1.165) is 16.8 Å². The maximum absolute atomic E-state index is 4.45. The molecule has 0 atom stereocenters. The Bertz CT molecular complexity index is 490. The van der Waals surface area contributed by atoms with Crippen LogP contribution in [0.3, 0.4) is 0 Å². The summed E-state index contributed by atoms with van der Waals surface area (Å²) in [6.07, 6.45) is 5.55. The van der Waals surface area contributed by atoms with Crippen molar-refractivity contribution >= 4 is 11.9 Å². The Labute approximate surface area is 104 Å². The van der Waals surface area contributed by atoms with Crippen molar-refractivity contribution in [3.63, 3.8) is 0 Å². The van der Waals surface area contributed by atoms with Gasteiger partial charge in [-0.3, -0.25) is 4.99 Å². The van der Waals surface area contributed by atoms with Crippen LogP contribution in [0.4, 0.5) is 5.69 Å².